The minimum atomic E-state index is 0.284. The first-order valence-electron chi connectivity index (χ1n) is 6.36. The van der Waals surface area contributed by atoms with Gasteiger partial charge in [0.1, 0.15) is 0 Å². The van der Waals surface area contributed by atoms with E-state index < -0.39 is 0 Å². The maximum atomic E-state index is 5.29. The number of rotatable bonds is 7. The fraction of sp³-hybridized carbons (Fsp3) is 0.600. The highest BCUT2D eigenvalue weighted by Crippen LogP contribution is 2.20. The zero-order valence-corrected chi connectivity index (χ0v) is 11.5. The molecule has 1 rings (SSSR count). The molecule has 1 unspecified atom stereocenters. The van der Waals surface area contributed by atoms with E-state index in [1.165, 1.54) is 12.0 Å². The lowest BCUT2D eigenvalue weighted by atomic mass is 9.90. The van der Waals surface area contributed by atoms with Crippen molar-refractivity contribution in [1.29, 1.82) is 0 Å². The van der Waals surface area contributed by atoms with Crippen LogP contribution in [0.2, 0.25) is 0 Å². The molecule has 1 aromatic carbocycles. The molecule has 0 heterocycles. The van der Waals surface area contributed by atoms with Gasteiger partial charge in [-0.05, 0) is 17.4 Å². The van der Waals surface area contributed by atoms with Crippen LogP contribution in [0.25, 0.3) is 0 Å². The number of hydrogen-bond acceptors (Lipinski definition) is 2. The van der Waals surface area contributed by atoms with Gasteiger partial charge in [0, 0.05) is 13.7 Å². The molecule has 1 aromatic rings. The third kappa shape index (κ3) is 4.88. The molecular weight excluding hydrogens is 210 g/mol. The molecule has 0 aliphatic carbocycles. The van der Waals surface area contributed by atoms with Gasteiger partial charge >= 0.3 is 0 Å². The number of ether oxygens (including phenoxy) is 1. The van der Waals surface area contributed by atoms with Crippen molar-refractivity contribution >= 4 is 0 Å². The first-order chi connectivity index (χ1) is 8.09. The molecule has 2 nitrogen and oxygen atoms in total. The summed E-state index contributed by atoms with van der Waals surface area (Å²) in [5, 5.41) is 3.60. The number of hydrogen-bond donors (Lipinski definition) is 1. The lowest BCUT2D eigenvalue weighted by molar-refractivity contribution is 0.159. The second-order valence-corrected chi connectivity index (χ2v) is 5.32. The minimum absolute atomic E-state index is 0.284. The smallest absolute Gasteiger partial charge is 0.0657 e. The van der Waals surface area contributed by atoms with Crippen LogP contribution in [-0.4, -0.2) is 20.3 Å². The summed E-state index contributed by atoms with van der Waals surface area (Å²) in [6.07, 6.45) is 1.18. The Kier molecular flexibility index (Phi) is 5.66. The van der Waals surface area contributed by atoms with Gasteiger partial charge in [0.05, 0.1) is 12.6 Å². The molecule has 0 amide bonds. The molecule has 0 aliphatic heterocycles. The third-order valence-corrected chi connectivity index (χ3v) is 3.32. The molecular formula is C15H25NO. The van der Waals surface area contributed by atoms with Crippen LogP contribution < -0.4 is 5.32 Å². The van der Waals surface area contributed by atoms with E-state index in [2.05, 4.69) is 50.4 Å². The molecule has 0 saturated carbocycles. The Bertz CT molecular complexity index is 308. The Morgan fingerprint density at radius 2 is 1.88 bits per heavy atom. The molecule has 17 heavy (non-hydrogen) atoms. The van der Waals surface area contributed by atoms with Crippen LogP contribution in [0.5, 0.6) is 0 Å². The SMILES string of the molecule is CCC(C)(C)CNC(COC)c1ccccc1. The van der Waals surface area contributed by atoms with Gasteiger partial charge in [0.25, 0.3) is 0 Å². The fourth-order valence-electron chi connectivity index (χ4n) is 1.65. The van der Waals surface area contributed by atoms with E-state index in [0.29, 0.717) is 12.0 Å². The second-order valence-electron chi connectivity index (χ2n) is 5.32. The highest BCUT2D eigenvalue weighted by Gasteiger charge is 2.18. The number of benzene rings is 1. The normalized spacial score (nSPS) is 13.6. The molecule has 0 aromatic heterocycles. The van der Waals surface area contributed by atoms with Gasteiger partial charge in [-0.1, -0.05) is 51.1 Å². The minimum Gasteiger partial charge on any atom is -0.383 e. The van der Waals surface area contributed by atoms with Crippen molar-refractivity contribution in [3.05, 3.63) is 35.9 Å². The van der Waals surface area contributed by atoms with Gasteiger partial charge in [-0.2, -0.15) is 0 Å². The first-order valence-corrected chi connectivity index (χ1v) is 6.36. The van der Waals surface area contributed by atoms with Crippen LogP contribution in [0, 0.1) is 5.41 Å². The Morgan fingerprint density at radius 3 is 2.41 bits per heavy atom. The number of nitrogens with one attached hydrogen (secondary N) is 1. The molecule has 0 saturated heterocycles. The van der Waals surface area contributed by atoms with E-state index in [4.69, 9.17) is 4.74 Å². The summed E-state index contributed by atoms with van der Waals surface area (Å²) in [5.74, 6) is 0. The van der Waals surface area contributed by atoms with Crippen molar-refractivity contribution in [1.82, 2.24) is 5.32 Å². The second kappa shape index (κ2) is 6.77. The molecule has 96 valence electrons. The highest BCUT2D eigenvalue weighted by atomic mass is 16.5. The van der Waals surface area contributed by atoms with Gasteiger partial charge in [-0.25, -0.2) is 0 Å². The quantitative estimate of drug-likeness (QED) is 0.782. The third-order valence-electron chi connectivity index (χ3n) is 3.32. The predicted octanol–water partition coefficient (Wildman–Crippen LogP) is 3.40. The lowest BCUT2D eigenvalue weighted by Crippen LogP contribution is -2.34. The van der Waals surface area contributed by atoms with Gasteiger partial charge < -0.3 is 10.1 Å². The van der Waals surface area contributed by atoms with Crippen LogP contribution in [0.15, 0.2) is 30.3 Å². The van der Waals surface area contributed by atoms with Crippen LogP contribution in [0.4, 0.5) is 0 Å². The van der Waals surface area contributed by atoms with E-state index in [1.807, 2.05) is 6.07 Å². The van der Waals surface area contributed by atoms with Crippen molar-refractivity contribution in [2.45, 2.75) is 33.2 Å². The summed E-state index contributed by atoms with van der Waals surface area (Å²) >= 11 is 0. The van der Waals surface area contributed by atoms with Gasteiger partial charge in [-0.3, -0.25) is 0 Å². The van der Waals surface area contributed by atoms with E-state index in [-0.39, 0.29) is 6.04 Å². The standard InChI is InChI=1S/C15H25NO/c1-5-15(2,3)12-16-14(11-17-4)13-9-7-6-8-10-13/h6-10,14,16H,5,11-12H2,1-4H3. The average molecular weight is 235 g/mol. The Morgan fingerprint density at radius 1 is 1.24 bits per heavy atom. The Balaban J connectivity index is 2.61. The molecule has 0 radical (unpaired) electrons. The van der Waals surface area contributed by atoms with E-state index in [1.54, 1.807) is 7.11 Å². The van der Waals surface area contributed by atoms with Crippen molar-refractivity contribution in [2.75, 3.05) is 20.3 Å². The Hall–Kier alpha value is -0.860. The summed E-state index contributed by atoms with van der Waals surface area (Å²) in [6.45, 7) is 8.52. The molecule has 0 fully saturated rings. The van der Waals surface area contributed by atoms with Crippen molar-refractivity contribution in [3.63, 3.8) is 0 Å². The number of methoxy groups -OCH3 is 1. The topological polar surface area (TPSA) is 21.3 Å². The average Bonchev–Trinajstić information content (AvgIpc) is 2.35. The van der Waals surface area contributed by atoms with Crippen LogP contribution in [0.1, 0.15) is 38.8 Å². The molecule has 1 atom stereocenters. The van der Waals surface area contributed by atoms with E-state index >= 15 is 0 Å². The predicted molar refractivity (Wildman–Crippen MR) is 73.1 cm³/mol. The fourth-order valence-corrected chi connectivity index (χ4v) is 1.65. The first kappa shape index (κ1) is 14.2. The van der Waals surface area contributed by atoms with Gasteiger partial charge in [-0.15, -0.1) is 0 Å². The molecule has 0 aliphatic rings. The molecule has 1 N–H and O–H groups in total. The van der Waals surface area contributed by atoms with Crippen molar-refractivity contribution in [3.8, 4) is 0 Å². The maximum Gasteiger partial charge on any atom is 0.0657 e. The van der Waals surface area contributed by atoms with E-state index in [9.17, 15) is 0 Å². The summed E-state index contributed by atoms with van der Waals surface area (Å²) in [4.78, 5) is 0. The summed E-state index contributed by atoms with van der Waals surface area (Å²) in [5.41, 5.74) is 1.63. The van der Waals surface area contributed by atoms with Gasteiger partial charge in [0.15, 0.2) is 0 Å². The zero-order chi connectivity index (χ0) is 12.7. The van der Waals surface area contributed by atoms with E-state index in [0.717, 1.165) is 6.54 Å². The van der Waals surface area contributed by atoms with Crippen LogP contribution in [0.3, 0.4) is 0 Å². The summed E-state index contributed by atoms with van der Waals surface area (Å²) in [6, 6.07) is 10.8. The van der Waals surface area contributed by atoms with Gasteiger partial charge in [0.2, 0.25) is 0 Å². The Labute approximate surface area is 105 Å². The summed E-state index contributed by atoms with van der Waals surface area (Å²) in [7, 11) is 1.75. The van der Waals surface area contributed by atoms with Crippen molar-refractivity contribution in [2.24, 2.45) is 5.41 Å². The molecule has 0 spiro atoms. The van der Waals surface area contributed by atoms with Crippen LogP contribution >= 0.6 is 0 Å². The lowest BCUT2D eigenvalue weighted by Gasteiger charge is -2.27. The van der Waals surface area contributed by atoms with Crippen LogP contribution in [-0.2, 0) is 4.74 Å². The monoisotopic (exact) mass is 235 g/mol. The maximum absolute atomic E-state index is 5.29. The van der Waals surface area contributed by atoms with Crippen molar-refractivity contribution < 1.29 is 4.74 Å². The highest BCUT2D eigenvalue weighted by molar-refractivity contribution is 5.19. The summed E-state index contributed by atoms with van der Waals surface area (Å²) < 4.78 is 5.29. The largest absolute Gasteiger partial charge is 0.383 e. The molecule has 2 heteroatoms. The zero-order valence-electron chi connectivity index (χ0n) is 11.5. The molecule has 0 bridgehead atoms.